The molecule has 0 spiro atoms. The van der Waals surface area contributed by atoms with E-state index in [1.54, 1.807) is 0 Å². The molecule has 1 heterocycles. The largest absolute Gasteiger partial charge is 0.390 e. The van der Waals surface area contributed by atoms with E-state index in [4.69, 9.17) is 0 Å². The minimum Gasteiger partial charge on any atom is -0.390 e. The second-order valence-corrected chi connectivity index (χ2v) is 7.50. The number of fused-ring (bicyclic) bond motifs is 1. The fourth-order valence-corrected chi connectivity index (χ4v) is 3.76. The number of nitrogens with zero attached hydrogens (tertiary/aromatic N) is 1. The van der Waals surface area contributed by atoms with Crippen molar-refractivity contribution < 1.29 is 13.5 Å². The predicted molar refractivity (Wildman–Crippen MR) is 83.5 cm³/mol. The molecule has 2 rings (SSSR count). The molecule has 1 unspecified atom stereocenters. The number of hydrogen-bond donors (Lipinski definition) is 2. The van der Waals surface area contributed by atoms with E-state index in [0.717, 1.165) is 19.5 Å². The molecule has 0 aliphatic carbocycles. The highest BCUT2D eigenvalue weighted by Gasteiger charge is 2.19. The van der Waals surface area contributed by atoms with Crippen LogP contribution in [-0.2, 0) is 23.0 Å². The summed E-state index contributed by atoms with van der Waals surface area (Å²) in [6, 6.07) is 8.32. The molecular weight excluding hydrogens is 288 g/mol. The van der Waals surface area contributed by atoms with Gasteiger partial charge in [0, 0.05) is 26.2 Å². The molecule has 5 nitrogen and oxygen atoms in total. The molecule has 0 bridgehead atoms. The van der Waals surface area contributed by atoms with Crippen molar-refractivity contribution >= 4 is 10.0 Å². The fourth-order valence-electron chi connectivity index (χ4n) is 2.64. The van der Waals surface area contributed by atoms with Crippen molar-refractivity contribution in [2.45, 2.75) is 32.4 Å². The molecule has 118 valence electrons. The molecule has 0 fully saturated rings. The van der Waals surface area contributed by atoms with Crippen molar-refractivity contribution in [1.82, 2.24) is 9.62 Å². The molecule has 0 aromatic heterocycles. The molecular formula is C15H24N2O3S. The van der Waals surface area contributed by atoms with Gasteiger partial charge in [-0.1, -0.05) is 31.2 Å². The van der Waals surface area contributed by atoms with Gasteiger partial charge in [0.05, 0.1) is 11.9 Å². The number of aliphatic hydroxyl groups is 1. The summed E-state index contributed by atoms with van der Waals surface area (Å²) in [6.07, 6.45) is 0.876. The van der Waals surface area contributed by atoms with Crippen LogP contribution < -0.4 is 4.72 Å². The monoisotopic (exact) mass is 312 g/mol. The van der Waals surface area contributed by atoms with Gasteiger partial charge >= 0.3 is 0 Å². The third kappa shape index (κ3) is 5.07. The molecule has 0 saturated heterocycles. The van der Waals surface area contributed by atoms with E-state index in [2.05, 4.69) is 21.8 Å². The van der Waals surface area contributed by atoms with Crippen LogP contribution in [-0.4, -0.2) is 49.9 Å². The zero-order valence-corrected chi connectivity index (χ0v) is 13.3. The maximum Gasteiger partial charge on any atom is 0.211 e. The molecule has 1 aliphatic heterocycles. The minimum atomic E-state index is -3.24. The Balaban J connectivity index is 1.80. The Morgan fingerprint density at radius 3 is 2.76 bits per heavy atom. The first kappa shape index (κ1) is 16.4. The van der Waals surface area contributed by atoms with Gasteiger partial charge in [0.25, 0.3) is 0 Å². The van der Waals surface area contributed by atoms with Gasteiger partial charge in [-0.15, -0.1) is 0 Å². The van der Waals surface area contributed by atoms with E-state index in [1.165, 1.54) is 11.1 Å². The van der Waals surface area contributed by atoms with E-state index in [-0.39, 0.29) is 12.3 Å². The van der Waals surface area contributed by atoms with E-state index in [9.17, 15) is 13.5 Å². The number of rotatable bonds is 7. The van der Waals surface area contributed by atoms with Crippen molar-refractivity contribution in [3.63, 3.8) is 0 Å². The molecule has 0 amide bonds. The molecule has 0 saturated carbocycles. The van der Waals surface area contributed by atoms with E-state index < -0.39 is 16.1 Å². The number of hydrogen-bond acceptors (Lipinski definition) is 4. The summed E-state index contributed by atoms with van der Waals surface area (Å²) in [6.45, 7) is 4.11. The smallest absolute Gasteiger partial charge is 0.211 e. The number of β-amino-alcohol motifs (C(OH)–C–C–N with tert-alkyl or cyclic N) is 1. The lowest BCUT2D eigenvalue weighted by Crippen LogP contribution is -2.42. The van der Waals surface area contributed by atoms with Crippen molar-refractivity contribution in [2.75, 3.05) is 25.4 Å². The second-order valence-electron chi connectivity index (χ2n) is 5.57. The Bertz CT molecular complexity index is 560. The van der Waals surface area contributed by atoms with Crippen LogP contribution in [0.1, 0.15) is 24.5 Å². The lowest BCUT2D eigenvalue weighted by molar-refractivity contribution is 0.108. The highest BCUT2D eigenvalue weighted by Crippen LogP contribution is 2.18. The molecule has 2 N–H and O–H groups in total. The quantitative estimate of drug-likeness (QED) is 0.779. The molecule has 1 aliphatic rings. The Kier molecular flexibility index (Phi) is 5.75. The van der Waals surface area contributed by atoms with Crippen LogP contribution in [0.15, 0.2) is 24.3 Å². The summed E-state index contributed by atoms with van der Waals surface area (Å²) in [5.74, 6) is 0.108. The van der Waals surface area contributed by atoms with E-state index >= 15 is 0 Å². The SMILES string of the molecule is CCCS(=O)(=O)NCC(O)CN1CCc2ccccc2C1. The van der Waals surface area contributed by atoms with Gasteiger partial charge in [-0.3, -0.25) is 4.90 Å². The number of nitrogens with one attached hydrogen (secondary N) is 1. The van der Waals surface area contributed by atoms with E-state index in [1.807, 2.05) is 19.1 Å². The zero-order valence-electron chi connectivity index (χ0n) is 12.5. The molecule has 21 heavy (non-hydrogen) atoms. The standard InChI is InChI=1S/C15H24N2O3S/c1-2-9-21(19,20)16-10-15(18)12-17-8-7-13-5-3-4-6-14(13)11-17/h3-6,15-16,18H,2,7-12H2,1H3. The number of aliphatic hydroxyl groups excluding tert-OH is 1. The molecule has 1 aromatic rings. The summed E-state index contributed by atoms with van der Waals surface area (Å²) in [5, 5.41) is 10.0. The number of benzene rings is 1. The Morgan fingerprint density at radius 1 is 1.33 bits per heavy atom. The lowest BCUT2D eigenvalue weighted by Gasteiger charge is -2.30. The van der Waals surface area contributed by atoms with Gasteiger partial charge in [-0.2, -0.15) is 0 Å². The maximum atomic E-state index is 11.6. The first-order chi connectivity index (χ1) is 10.00. The Morgan fingerprint density at radius 2 is 2.05 bits per heavy atom. The lowest BCUT2D eigenvalue weighted by atomic mass is 10.00. The Hall–Kier alpha value is -0.950. The van der Waals surface area contributed by atoms with Crippen LogP contribution >= 0.6 is 0 Å². The third-order valence-corrected chi connectivity index (χ3v) is 5.24. The minimum absolute atomic E-state index is 0.0838. The fraction of sp³-hybridized carbons (Fsp3) is 0.600. The summed E-state index contributed by atoms with van der Waals surface area (Å²) in [7, 11) is -3.24. The normalized spacial score (nSPS) is 17.4. The summed E-state index contributed by atoms with van der Waals surface area (Å²) in [5.41, 5.74) is 2.66. The Labute approximate surface area is 127 Å². The average molecular weight is 312 g/mol. The molecule has 1 aromatic carbocycles. The third-order valence-electron chi connectivity index (χ3n) is 3.69. The maximum absolute atomic E-state index is 11.6. The first-order valence-electron chi connectivity index (χ1n) is 7.44. The van der Waals surface area contributed by atoms with Crippen molar-refractivity contribution in [3.8, 4) is 0 Å². The van der Waals surface area contributed by atoms with Crippen molar-refractivity contribution in [2.24, 2.45) is 0 Å². The van der Waals surface area contributed by atoms with Crippen LogP contribution in [0.5, 0.6) is 0 Å². The van der Waals surface area contributed by atoms with Gasteiger partial charge < -0.3 is 5.11 Å². The van der Waals surface area contributed by atoms with E-state index in [0.29, 0.717) is 13.0 Å². The van der Waals surface area contributed by atoms with Crippen LogP contribution in [0.4, 0.5) is 0 Å². The second kappa shape index (κ2) is 7.35. The average Bonchev–Trinajstić information content (AvgIpc) is 2.45. The zero-order chi connectivity index (χ0) is 15.3. The van der Waals surface area contributed by atoms with Crippen molar-refractivity contribution in [1.29, 1.82) is 0 Å². The highest BCUT2D eigenvalue weighted by molar-refractivity contribution is 7.89. The molecule has 6 heteroatoms. The predicted octanol–water partition coefficient (Wildman–Crippen LogP) is 0.735. The summed E-state index contributed by atoms with van der Waals surface area (Å²) in [4.78, 5) is 2.17. The van der Waals surface area contributed by atoms with Gasteiger partial charge in [0.1, 0.15) is 0 Å². The van der Waals surface area contributed by atoms with Crippen LogP contribution in [0.2, 0.25) is 0 Å². The first-order valence-corrected chi connectivity index (χ1v) is 9.10. The summed E-state index contributed by atoms with van der Waals surface area (Å²) < 4.78 is 25.6. The highest BCUT2D eigenvalue weighted by atomic mass is 32.2. The van der Waals surface area contributed by atoms with Crippen LogP contribution in [0.3, 0.4) is 0 Å². The van der Waals surface area contributed by atoms with Gasteiger partial charge in [-0.05, 0) is 24.0 Å². The molecule has 1 atom stereocenters. The van der Waals surface area contributed by atoms with Crippen molar-refractivity contribution in [3.05, 3.63) is 35.4 Å². The van der Waals surface area contributed by atoms with Crippen LogP contribution in [0, 0.1) is 0 Å². The number of sulfonamides is 1. The van der Waals surface area contributed by atoms with Crippen LogP contribution in [0.25, 0.3) is 0 Å². The van der Waals surface area contributed by atoms with Gasteiger partial charge in [-0.25, -0.2) is 13.1 Å². The van der Waals surface area contributed by atoms with Gasteiger partial charge in [0.15, 0.2) is 0 Å². The van der Waals surface area contributed by atoms with Gasteiger partial charge in [0.2, 0.25) is 10.0 Å². The molecule has 0 radical (unpaired) electrons. The summed E-state index contributed by atoms with van der Waals surface area (Å²) >= 11 is 0. The topological polar surface area (TPSA) is 69.6 Å².